The summed E-state index contributed by atoms with van der Waals surface area (Å²) in [5.41, 5.74) is 0.993. The number of anilines is 1. The number of fused-ring (bicyclic) bond motifs is 1. The molecule has 2 aliphatic rings. The van der Waals surface area contributed by atoms with E-state index < -0.39 is 0 Å². The Morgan fingerprint density at radius 3 is 2.58 bits per heavy atom. The molecule has 1 amide bonds. The van der Waals surface area contributed by atoms with E-state index in [1.807, 2.05) is 37.3 Å². The minimum Gasteiger partial charge on any atom is -0.497 e. The fourth-order valence-corrected chi connectivity index (χ4v) is 7.26. The Hall–Kier alpha value is -2.27. The number of carbonyl (C=O) groups is 1. The zero-order chi connectivity index (χ0) is 23.7. The van der Waals surface area contributed by atoms with E-state index in [4.69, 9.17) is 17.0 Å². The number of methoxy groups -OCH3 is 1. The van der Waals surface area contributed by atoms with Gasteiger partial charge in [-0.1, -0.05) is 41.8 Å². The minimum absolute atomic E-state index is 0.103. The summed E-state index contributed by atoms with van der Waals surface area (Å²) in [4.78, 5) is 31.4. The predicted molar refractivity (Wildman–Crippen MR) is 143 cm³/mol. The van der Waals surface area contributed by atoms with Crippen LogP contribution in [0.3, 0.4) is 0 Å². The standard InChI is InChI=1S/C23H23N3O3S4/c1-5-12-26-21(28)19(33-23(26)30)22-25(7-3)20(27)17(32-22)10-11-18-24(6-2)15-13-14(29-4)8-9-16(15)31-18/h5,8-11,13H,1,6-7,12H2,2-4H3/b17-10-,18-11?,22-19?. The van der Waals surface area contributed by atoms with E-state index in [1.165, 1.54) is 28.0 Å². The number of thiocarbonyl (C=S) groups is 1. The summed E-state index contributed by atoms with van der Waals surface area (Å²) in [5.74, 6) is 0.636. The summed E-state index contributed by atoms with van der Waals surface area (Å²) in [6.45, 7) is 9.31. The van der Waals surface area contributed by atoms with Gasteiger partial charge in [0.1, 0.15) is 19.6 Å². The van der Waals surface area contributed by atoms with Crippen LogP contribution in [0.4, 0.5) is 5.69 Å². The number of benzene rings is 1. The fourth-order valence-electron chi connectivity index (χ4n) is 3.61. The molecule has 1 saturated heterocycles. The second-order valence-corrected chi connectivity index (χ2v) is 10.8. The highest BCUT2D eigenvalue weighted by Crippen LogP contribution is 2.47. The van der Waals surface area contributed by atoms with E-state index in [0.29, 0.717) is 31.5 Å². The second-order valence-electron chi connectivity index (χ2n) is 7.07. The van der Waals surface area contributed by atoms with E-state index in [0.717, 1.165) is 27.9 Å². The minimum atomic E-state index is -0.175. The Kier molecular flexibility index (Phi) is 7.18. The van der Waals surface area contributed by atoms with Gasteiger partial charge in [0.15, 0.2) is 0 Å². The van der Waals surface area contributed by atoms with Crippen molar-refractivity contribution in [2.45, 2.75) is 25.3 Å². The van der Waals surface area contributed by atoms with Gasteiger partial charge >= 0.3 is 0 Å². The van der Waals surface area contributed by atoms with Crippen LogP contribution in [0.5, 0.6) is 5.75 Å². The van der Waals surface area contributed by atoms with E-state index in [1.54, 1.807) is 29.5 Å². The third-order valence-corrected chi connectivity index (χ3v) is 9.06. The molecule has 0 N–H and O–H groups in total. The molecule has 0 bridgehead atoms. The van der Waals surface area contributed by atoms with Gasteiger partial charge in [-0.25, -0.2) is 0 Å². The van der Waals surface area contributed by atoms with Crippen molar-refractivity contribution in [2.75, 3.05) is 25.1 Å². The van der Waals surface area contributed by atoms with Crippen molar-refractivity contribution in [1.29, 1.82) is 0 Å². The number of aromatic nitrogens is 1. The topological polar surface area (TPSA) is 54.8 Å². The molecule has 3 heterocycles. The van der Waals surface area contributed by atoms with Crippen LogP contribution in [0, 0.1) is 0 Å². The Morgan fingerprint density at radius 2 is 1.91 bits per heavy atom. The Bertz CT molecular complexity index is 1360. The lowest BCUT2D eigenvalue weighted by Gasteiger charge is -2.18. The Morgan fingerprint density at radius 1 is 1.12 bits per heavy atom. The molecule has 2 aromatic rings. The van der Waals surface area contributed by atoms with Crippen molar-refractivity contribution < 1.29 is 9.53 Å². The lowest BCUT2D eigenvalue weighted by atomic mass is 10.2. The van der Waals surface area contributed by atoms with Crippen molar-refractivity contribution >= 4 is 74.0 Å². The first-order chi connectivity index (χ1) is 15.9. The van der Waals surface area contributed by atoms with Crippen molar-refractivity contribution in [3.63, 3.8) is 0 Å². The van der Waals surface area contributed by atoms with Crippen molar-refractivity contribution in [2.24, 2.45) is 0 Å². The molecule has 4 rings (SSSR count). The van der Waals surface area contributed by atoms with Gasteiger partial charge in [0.25, 0.3) is 11.5 Å². The average Bonchev–Trinajstić information content (AvgIpc) is 3.43. The molecule has 1 fully saturated rings. The summed E-state index contributed by atoms with van der Waals surface area (Å²) in [5, 5.41) is 1.04. The summed E-state index contributed by atoms with van der Waals surface area (Å²) in [6.07, 6.45) is 5.47. The SMILES string of the molecule is C=CCN1C(=O)C(=c2s/c(=C\C=C3Sc4ccc(OC)cc4N3CC)c(=O)n2CC)SC1=S. The van der Waals surface area contributed by atoms with Gasteiger partial charge in [0, 0.05) is 30.6 Å². The van der Waals surface area contributed by atoms with Gasteiger partial charge in [-0.05, 0) is 38.1 Å². The van der Waals surface area contributed by atoms with Crippen LogP contribution in [-0.2, 0) is 11.3 Å². The molecule has 0 saturated carbocycles. The highest BCUT2D eigenvalue weighted by molar-refractivity contribution is 8.30. The van der Waals surface area contributed by atoms with Crippen LogP contribution >= 0.6 is 47.1 Å². The summed E-state index contributed by atoms with van der Waals surface area (Å²) in [6, 6.07) is 6.02. The van der Waals surface area contributed by atoms with Gasteiger partial charge in [-0.15, -0.1) is 17.9 Å². The molecule has 0 unspecified atom stereocenters. The Balaban J connectivity index is 1.78. The number of hydrogen-bond donors (Lipinski definition) is 0. The van der Waals surface area contributed by atoms with Gasteiger partial charge in [-0.3, -0.25) is 19.1 Å². The molecule has 10 heteroatoms. The molecule has 0 atom stereocenters. The van der Waals surface area contributed by atoms with Gasteiger partial charge in [-0.2, -0.15) is 0 Å². The molecule has 6 nitrogen and oxygen atoms in total. The maximum atomic E-state index is 13.1. The molecule has 172 valence electrons. The molecule has 1 aromatic heterocycles. The lowest BCUT2D eigenvalue weighted by molar-refractivity contribution is -0.120. The Labute approximate surface area is 209 Å². The molecular weight excluding hydrogens is 495 g/mol. The number of hydrogen-bond acceptors (Lipinski definition) is 8. The molecule has 0 radical (unpaired) electrons. The van der Waals surface area contributed by atoms with Crippen molar-refractivity contribution in [1.82, 2.24) is 9.47 Å². The number of amides is 1. The van der Waals surface area contributed by atoms with E-state index in [2.05, 4.69) is 18.4 Å². The first-order valence-corrected chi connectivity index (χ1v) is 13.2. The summed E-state index contributed by atoms with van der Waals surface area (Å²) < 4.78 is 8.74. The first-order valence-electron chi connectivity index (χ1n) is 10.4. The van der Waals surface area contributed by atoms with Crippen LogP contribution in [0.15, 0.2) is 51.6 Å². The van der Waals surface area contributed by atoms with Gasteiger partial charge < -0.3 is 9.64 Å². The van der Waals surface area contributed by atoms with Crippen LogP contribution < -0.4 is 24.4 Å². The number of rotatable bonds is 6. The van der Waals surface area contributed by atoms with E-state index in [9.17, 15) is 9.59 Å². The molecular formula is C23H23N3O3S4. The first kappa shape index (κ1) is 23.9. The lowest BCUT2D eigenvalue weighted by Crippen LogP contribution is -2.33. The average molecular weight is 518 g/mol. The fraction of sp³-hybridized carbons (Fsp3) is 0.261. The number of thiazole rings is 1. The zero-order valence-corrected chi connectivity index (χ0v) is 21.8. The monoisotopic (exact) mass is 517 g/mol. The predicted octanol–water partition coefficient (Wildman–Crippen LogP) is 3.35. The van der Waals surface area contributed by atoms with Crippen LogP contribution in [0.2, 0.25) is 0 Å². The number of carbonyl (C=O) groups excluding carboxylic acids is 1. The normalized spacial score (nSPS) is 19.1. The third kappa shape index (κ3) is 4.32. The van der Waals surface area contributed by atoms with E-state index >= 15 is 0 Å². The quantitative estimate of drug-likeness (QED) is 0.430. The van der Waals surface area contributed by atoms with Crippen LogP contribution in [0.1, 0.15) is 13.8 Å². The second kappa shape index (κ2) is 9.92. The largest absolute Gasteiger partial charge is 0.497 e. The third-order valence-electron chi connectivity index (χ3n) is 5.21. The van der Waals surface area contributed by atoms with Gasteiger partial charge in [0.05, 0.1) is 22.4 Å². The van der Waals surface area contributed by atoms with Gasteiger partial charge in [0.2, 0.25) is 0 Å². The maximum Gasteiger partial charge on any atom is 0.269 e. The smallest absolute Gasteiger partial charge is 0.269 e. The van der Waals surface area contributed by atoms with Crippen molar-refractivity contribution in [3.05, 3.63) is 61.5 Å². The number of thioether (sulfide) groups is 2. The highest BCUT2D eigenvalue weighted by Gasteiger charge is 2.33. The zero-order valence-electron chi connectivity index (χ0n) is 18.5. The summed E-state index contributed by atoms with van der Waals surface area (Å²) >= 11 is 9.60. The molecule has 2 aliphatic heterocycles. The highest BCUT2D eigenvalue weighted by atomic mass is 32.2. The number of nitrogens with zero attached hydrogens (tertiary/aromatic N) is 3. The van der Waals surface area contributed by atoms with Crippen molar-refractivity contribution in [3.8, 4) is 5.75 Å². The molecule has 0 aliphatic carbocycles. The van der Waals surface area contributed by atoms with Crippen LogP contribution in [0.25, 0.3) is 11.0 Å². The molecule has 0 spiro atoms. The number of ether oxygens (including phenoxy) is 1. The molecule has 33 heavy (non-hydrogen) atoms. The van der Waals surface area contributed by atoms with Crippen LogP contribution in [-0.4, -0.2) is 39.9 Å². The number of allylic oxidation sites excluding steroid dienone is 1. The summed E-state index contributed by atoms with van der Waals surface area (Å²) in [7, 11) is 1.66. The maximum absolute atomic E-state index is 13.1. The molecule has 1 aromatic carbocycles. The van der Waals surface area contributed by atoms with E-state index in [-0.39, 0.29) is 11.5 Å².